The monoisotopic (exact) mass is 449 g/mol. The van der Waals surface area contributed by atoms with Crippen molar-refractivity contribution in [1.82, 2.24) is 0 Å². The Labute approximate surface area is 190 Å². The number of carbonyl (C=O) groups excluding carboxylic acids is 2. The van der Waals surface area contributed by atoms with E-state index in [1.807, 2.05) is 32.0 Å². The van der Waals surface area contributed by atoms with Crippen LogP contribution < -0.4 is 15.4 Å². The highest BCUT2D eigenvalue weighted by molar-refractivity contribution is 5.99. The van der Waals surface area contributed by atoms with E-state index in [4.69, 9.17) is 9.47 Å². The third-order valence-corrected chi connectivity index (χ3v) is 5.03. The van der Waals surface area contributed by atoms with Crippen LogP contribution in [0.3, 0.4) is 0 Å². The first-order valence-corrected chi connectivity index (χ1v) is 10.0. The van der Waals surface area contributed by atoms with E-state index in [-0.39, 0.29) is 22.7 Å². The Bertz CT molecular complexity index is 1210. The molecule has 3 aromatic rings. The zero-order valence-electron chi connectivity index (χ0n) is 18.4. The van der Waals surface area contributed by atoms with Crippen LogP contribution in [-0.4, -0.2) is 30.5 Å². The van der Waals surface area contributed by atoms with Gasteiger partial charge in [-0.25, -0.2) is 4.79 Å². The van der Waals surface area contributed by atoms with Crippen LogP contribution in [0.1, 0.15) is 21.5 Å². The quantitative estimate of drug-likeness (QED) is 0.289. The van der Waals surface area contributed by atoms with Gasteiger partial charge in [-0.15, -0.1) is 0 Å². The standard InChI is InChI=1S/C24H23N3O6/c1-15-7-6-10-19(16(15)2)25-20-9-5-4-8-18(20)24(29)33-14-23(28)26-21-12-11-17(32-3)13-22(21)27(30)31/h4-13,25H,14H2,1-3H3,(H,26,28). The Kier molecular flexibility index (Phi) is 7.24. The lowest BCUT2D eigenvalue weighted by molar-refractivity contribution is -0.384. The second-order valence-electron chi connectivity index (χ2n) is 7.18. The molecular formula is C24H23N3O6. The van der Waals surface area contributed by atoms with Crippen molar-refractivity contribution in [1.29, 1.82) is 0 Å². The number of anilines is 3. The molecule has 9 heteroatoms. The zero-order valence-corrected chi connectivity index (χ0v) is 18.4. The minimum Gasteiger partial charge on any atom is -0.496 e. The smallest absolute Gasteiger partial charge is 0.340 e. The van der Waals surface area contributed by atoms with Gasteiger partial charge in [0.2, 0.25) is 0 Å². The van der Waals surface area contributed by atoms with Crippen LogP contribution in [0.25, 0.3) is 0 Å². The number of benzene rings is 3. The number of nitrogens with one attached hydrogen (secondary N) is 2. The number of rotatable bonds is 8. The molecular weight excluding hydrogens is 426 g/mol. The molecule has 0 bridgehead atoms. The van der Waals surface area contributed by atoms with E-state index in [1.165, 1.54) is 25.3 Å². The molecule has 0 atom stereocenters. The van der Waals surface area contributed by atoms with E-state index in [0.29, 0.717) is 5.69 Å². The number of hydrogen-bond acceptors (Lipinski definition) is 7. The molecule has 3 rings (SSSR count). The predicted molar refractivity (Wildman–Crippen MR) is 124 cm³/mol. The van der Waals surface area contributed by atoms with Crippen LogP contribution >= 0.6 is 0 Å². The molecule has 33 heavy (non-hydrogen) atoms. The number of para-hydroxylation sites is 1. The number of nitro groups is 1. The number of methoxy groups -OCH3 is 1. The summed E-state index contributed by atoms with van der Waals surface area (Å²) in [6, 6.07) is 16.6. The summed E-state index contributed by atoms with van der Waals surface area (Å²) in [6.07, 6.45) is 0. The lowest BCUT2D eigenvalue weighted by Gasteiger charge is -2.14. The van der Waals surface area contributed by atoms with E-state index in [9.17, 15) is 19.7 Å². The van der Waals surface area contributed by atoms with Gasteiger partial charge < -0.3 is 20.1 Å². The van der Waals surface area contributed by atoms with Crippen LogP contribution in [0, 0.1) is 24.0 Å². The molecule has 0 saturated heterocycles. The molecule has 0 spiro atoms. The maximum absolute atomic E-state index is 12.7. The Morgan fingerprint density at radius 1 is 0.970 bits per heavy atom. The van der Waals surface area contributed by atoms with Gasteiger partial charge in [-0.2, -0.15) is 0 Å². The van der Waals surface area contributed by atoms with Gasteiger partial charge in [-0.05, 0) is 55.3 Å². The third-order valence-electron chi connectivity index (χ3n) is 5.03. The molecule has 0 unspecified atom stereocenters. The van der Waals surface area contributed by atoms with Crippen LogP contribution in [-0.2, 0) is 9.53 Å². The molecule has 9 nitrogen and oxygen atoms in total. The first kappa shape index (κ1) is 23.3. The number of esters is 1. The fraction of sp³-hybridized carbons (Fsp3) is 0.167. The molecule has 3 aromatic carbocycles. The summed E-state index contributed by atoms with van der Waals surface area (Å²) in [6.45, 7) is 3.35. The van der Waals surface area contributed by atoms with Gasteiger partial charge >= 0.3 is 5.97 Å². The average Bonchev–Trinajstić information content (AvgIpc) is 2.81. The summed E-state index contributed by atoms with van der Waals surface area (Å²) in [5.74, 6) is -1.14. The summed E-state index contributed by atoms with van der Waals surface area (Å²) < 4.78 is 10.1. The van der Waals surface area contributed by atoms with Gasteiger partial charge in [0.25, 0.3) is 11.6 Å². The Balaban J connectivity index is 1.69. The molecule has 0 fully saturated rings. The number of aryl methyl sites for hydroxylation is 1. The maximum atomic E-state index is 12.7. The summed E-state index contributed by atoms with van der Waals surface area (Å²) in [4.78, 5) is 35.6. The van der Waals surface area contributed by atoms with Gasteiger partial charge in [0.15, 0.2) is 6.61 Å². The molecule has 2 N–H and O–H groups in total. The number of ether oxygens (including phenoxy) is 2. The normalized spacial score (nSPS) is 10.3. The largest absolute Gasteiger partial charge is 0.496 e. The highest BCUT2D eigenvalue weighted by atomic mass is 16.6. The van der Waals surface area contributed by atoms with Crippen LogP contribution in [0.5, 0.6) is 5.75 Å². The first-order chi connectivity index (χ1) is 15.8. The van der Waals surface area contributed by atoms with Crippen molar-refractivity contribution in [3.05, 3.63) is 87.5 Å². The van der Waals surface area contributed by atoms with Gasteiger partial charge in [0.1, 0.15) is 11.4 Å². The van der Waals surface area contributed by atoms with Crippen molar-refractivity contribution in [2.75, 3.05) is 24.4 Å². The van der Waals surface area contributed by atoms with Crippen molar-refractivity contribution in [3.8, 4) is 5.75 Å². The minimum absolute atomic E-state index is 0.0289. The summed E-state index contributed by atoms with van der Waals surface area (Å²) in [5.41, 5.74) is 3.41. The van der Waals surface area contributed by atoms with E-state index in [1.54, 1.807) is 24.3 Å². The van der Waals surface area contributed by atoms with Gasteiger partial charge in [0.05, 0.1) is 29.4 Å². The van der Waals surface area contributed by atoms with Crippen LogP contribution in [0.4, 0.5) is 22.7 Å². The fourth-order valence-corrected chi connectivity index (χ4v) is 3.09. The SMILES string of the molecule is COc1ccc(NC(=O)COC(=O)c2ccccc2Nc2cccc(C)c2C)c([N+](=O)[O-])c1. The van der Waals surface area contributed by atoms with Crippen LogP contribution in [0.15, 0.2) is 60.7 Å². The van der Waals surface area contributed by atoms with Crippen LogP contribution in [0.2, 0.25) is 0 Å². The fourth-order valence-electron chi connectivity index (χ4n) is 3.09. The highest BCUT2D eigenvalue weighted by Gasteiger charge is 2.19. The summed E-state index contributed by atoms with van der Waals surface area (Å²) in [7, 11) is 1.38. The molecule has 0 heterocycles. The second kappa shape index (κ2) is 10.3. The molecule has 1 amide bonds. The third kappa shape index (κ3) is 5.65. The van der Waals surface area contributed by atoms with E-state index >= 15 is 0 Å². The zero-order chi connectivity index (χ0) is 24.0. The Morgan fingerprint density at radius 3 is 2.42 bits per heavy atom. The summed E-state index contributed by atoms with van der Waals surface area (Å²) >= 11 is 0. The molecule has 0 aromatic heterocycles. The van der Waals surface area contributed by atoms with Gasteiger partial charge in [-0.1, -0.05) is 24.3 Å². The van der Waals surface area contributed by atoms with Crippen molar-refractivity contribution < 1.29 is 24.0 Å². The minimum atomic E-state index is -0.711. The van der Waals surface area contributed by atoms with E-state index in [0.717, 1.165) is 16.8 Å². The van der Waals surface area contributed by atoms with Crippen molar-refractivity contribution in [2.24, 2.45) is 0 Å². The van der Waals surface area contributed by atoms with Crippen molar-refractivity contribution >= 4 is 34.6 Å². The van der Waals surface area contributed by atoms with Crippen molar-refractivity contribution in [3.63, 3.8) is 0 Å². The van der Waals surface area contributed by atoms with E-state index < -0.39 is 23.4 Å². The molecule has 0 aliphatic rings. The molecule has 170 valence electrons. The van der Waals surface area contributed by atoms with E-state index in [2.05, 4.69) is 10.6 Å². The number of nitro benzene ring substituents is 1. The molecule has 0 saturated carbocycles. The second-order valence-corrected chi connectivity index (χ2v) is 7.18. The topological polar surface area (TPSA) is 120 Å². The predicted octanol–water partition coefficient (Wildman–Crippen LogP) is 4.76. The number of amides is 1. The number of carbonyl (C=O) groups is 2. The molecule has 0 radical (unpaired) electrons. The average molecular weight is 449 g/mol. The maximum Gasteiger partial charge on any atom is 0.340 e. The first-order valence-electron chi connectivity index (χ1n) is 10.0. The van der Waals surface area contributed by atoms with Gasteiger partial charge in [0, 0.05) is 5.69 Å². The summed E-state index contributed by atoms with van der Waals surface area (Å²) in [5, 5.41) is 16.9. The number of nitrogens with zero attached hydrogens (tertiary/aromatic N) is 1. The molecule has 0 aliphatic heterocycles. The van der Waals surface area contributed by atoms with Crippen molar-refractivity contribution in [2.45, 2.75) is 13.8 Å². The highest BCUT2D eigenvalue weighted by Crippen LogP contribution is 2.29. The molecule has 0 aliphatic carbocycles. The Hall–Kier alpha value is -4.40. The Morgan fingerprint density at radius 2 is 1.70 bits per heavy atom. The number of hydrogen-bond donors (Lipinski definition) is 2. The lowest BCUT2D eigenvalue weighted by Crippen LogP contribution is -2.21. The van der Waals surface area contributed by atoms with Gasteiger partial charge in [-0.3, -0.25) is 14.9 Å². The lowest BCUT2D eigenvalue weighted by atomic mass is 10.1.